The second-order valence-electron chi connectivity index (χ2n) is 5.94. The van der Waals surface area contributed by atoms with Gasteiger partial charge in [0.1, 0.15) is 0 Å². The van der Waals surface area contributed by atoms with E-state index in [-0.39, 0.29) is 11.6 Å². The van der Waals surface area contributed by atoms with Crippen LogP contribution in [0.3, 0.4) is 0 Å². The molecule has 138 valence electrons. The minimum Gasteiger partial charge on any atom is -0.392 e. The molecule has 8 heteroatoms. The number of aromatic amines is 1. The zero-order valence-electron chi connectivity index (χ0n) is 14.5. The van der Waals surface area contributed by atoms with Gasteiger partial charge in [0.25, 0.3) is 5.69 Å². The molecule has 0 aliphatic rings. The lowest BCUT2D eigenvalue weighted by Gasteiger charge is -2.07. The summed E-state index contributed by atoms with van der Waals surface area (Å²) in [5.41, 5.74) is 2.39. The predicted molar refractivity (Wildman–Crippen MR) is 104 cm³/mol. The van der Waals surface area contributed by atoms with E-state index in [0.717, 1.165) is 5.56 Å². The molecule has 2 aromatic carbocycles. The number of nitro benzene ring substituents is 1. The molecule has 0 unspecified atom stereocenters. The van der Waals surface area contributed by atoms with Gasteiger partial charge in [0.2, 0.25) is 5.88 Å². The first-order valence-corrected chi connectivity index (χ1v) is 8.36. The molecule has 4 aromatic rings. The number of non-ortho nitro benzene ring substituents is 1. The van der Waals surface area contributed by atoms with Crippen molar-refractivity contribution in [2.75, 3.05) is 5.32 Å². The van der Waals surface area contributed by atoms with E-state index >= 15 is 0 Å². The van der Waals surface area contributed by atoms with Crippen molar-refractivity contribution in [3.05, 3.63) is 83.2 Å². The summed E-state index contributed by atoms with van der Waals surface area (Å²) in [6, 6.07) is 17.0. The smallest absolute Gasteiger partial charge is 0.392 e. The number of anilines is 1. The molecule has 0 radical (unpaired) electrons. The molecule has 0 aliphatic carbocycles. The summed E-state index contributed by atoms with van der Waals surface area (Å²) in [4.78, 5) is 30.0. The maximum absolute atomic E-state index is 12.3. The minimum atomic E-state index is -0.703. The molecular weight excluding hydrogens is 360 g/mol. The number of nitrogens with zero attached hydrogens (tertiary/aromatic N) is 2. The van der Waals surface area contributed by atoms with E-state index in [2.05, 4.69) is 15.3 Å². The number of fused-ring (bicyclic) bond motifs is 1. The van der Waals surface area contributed by atoms with Crippen molar-refractivity contribution in [3.8, 4) is 17.0 Å². The number of rotatable bonds is 4. The first-order valence-electron chi connectivity index (χ1n) is 8.36. The average molecular weight is 374 g/mol. The van der Waals surface area contributed by atoms with Gasteiger partial charge in [0, 0.05) is 29.2 Å². The Balaban J connectivity index is 1.76. The first kappa shape index (κ1) is 17.2. The number of ether oxygens (including phenoxy) is 1. The molecule has 0 saturated carbocycles. The van der Waals surface area contributed by atoms with E-state index in [0.29, 0.717) is 22.2 Å². The average Bonchev–Trinajstić information content (AvgIpc) is 3.06. The topological polar surface area (TPSA) is 110 Å². The third-order valence-corrected chi connectivity index (χ3v) is 4.12. The van der Waals surface area contributed by atoms with Crippen molar-refractivity contribution in [3.63, 3.8) is 0 Å². The van der Waals surface area contributed by atoms with Gasteiger partial charge in [-0.15, -0.1) is 0 Å². The number of nitro groups is 1. The van der Waals surface area contributed by atoms with Gasteiger partial charge >= 0.3 is 6.09 Å². The Morgan fingerprint density at radius 2 is 1.93 bits per heavy atom. The molecule has 0 fully saturated rings. The number of H-pyrrole nitrogens is 1. The largest absolute Gasteiger partial charge is 0.418 e. The van der Waals surface area contributed by atoms with Crippen LogP contribution < -0.4 is 10.1 Å². The molecule has 2 N–H and O–H groups in total. The van der Waals surface area contributed by atoms with Crippen LogP contribution in [0.2, 0.25) is 0 Å². The van der Waals surface area contributed by atoms with Crippen molar-refractivity contribution in [2.24, 2.45) is 0 Å². The van der Waals surface area contributed by atoms with Gasteiger partial charge in [-0.1, -0.05) is 30.3 Å². The van der Waals surface area contributed by atoms with Crippen molar-refractivity contribution < 1.29 is 14.5 Å². The van der Waals surface area contributed by atoms with E-state index in [1.54, 1.807) is 24.4 Å². The van der Waals surface area contributed by atoms with E-state index in [1.807, 2.05) is 30.3 Å². The van der Waals surface area contributed by atoms with Crippen LogP contribution in [0.5, 0.6) is 5.88 Å². The zero-order chi connectivity index (χ0) is 19.5. The molecule has 0 spiro atoms. The van der Waals surface area contributed by atoms with Crippen LogP contribution in [0.4, 0.5) is 16.2 Å². The van der Waals surface area contributed by atoms with Crippen LogP contribution in [0.15, 0.2) is 73.1 Å². The highest BCUT2D eigenvalue weighted by Crippen LogP contribution is 2.38. The van der Waals surface area contributed by atoms with Crippen molar-refractivity contribution >= 4 is 28.4 Å². The Bertz CT molecular complexity index is 1160. The van der Waals surface area contributed by atoms with Crippen LogP contribution in [-0.4, -0.2) is 21.0 Å². The van der Waals surface area contributed by atoms with Crippen molar-refractivity contribution in [1.82, 2.24) is 9.97 Å². The molecule has 4 rings (SSSR count). The van der Waals surface area contributed by atoms with Crippen LogP contribution in [0.1, 0.15) is 0 Å². The van der Waals surface area contributed by atoms with Gasteiger partial charge in [0.05, 0.1) is 22.4 Å². The number of benzene rings is 2. The van der Waals surface area contributed by atoms with Crippen LogP contribution in [-0.2, 0) is 0 Å². The fourth-order valence-electron chi connectivity index (χ4n) is 2.91. The summed E-state index contributed by atoms with van der Waals surface area (Å²) in [7, 11) is 0. The van der Waals surface area contributed by atoms with Crippen molar-refractivity contribution in [1.29, 1.82) is 0 Å². The quantitative estimate of drug-likeness (QED) is 0.396. The molecule has 0 bridgehead atoms. The Morgan fingerprint density at radius 3 is 2.64 bits per heavy atom. The zero-order valence-corrected chi connectivity index (χ0v) is 14.5. The van der Waals surface area contributed by atoms with Crippen molar-refractivity contribution in [2.45, 2.75) is 0 Å². The summed E-state index contributed by atoms with van der Waals surface area (Å²) in [5, 5.41) is 14.4. The number of hydrogen-bond acceptors (Lipinski definition) is 5. The molecule has 28 heavy (non-hydrogen) atoms. The van der Waals surface area contributed by atoms with Crippen LogP contribution >= 0.6 is 0 Å². The lowest BCUT2D eigenvalue weighted by molar-refractivity contribution is -0.384. The Hall–Kier alpha value is -4.20. The Morgan fingerprint density at radius 1 is 1.11 bits per heavy atom. The summed E-state index contributed by atoms with van der Waals surface area (Å²) < 4.78 is 5.49. The van der Waals surface area contributed by atoms with Crippen LogP contribution in [0.25, 0.3) is 22.0 Å². The summed E-state index contributed by atoms with van der Waals surface area (Å²) >= 11 is 0. The monoisotopic (exact) mass is 374 g/mol. The number of pyridine rings is 1. The van der Waals surface area contributed by atoms with E-state index < -0.39 is 11.0 Å². The molecular formula is C20H14N4O4. The highest BCUT2D eigenvalue weighted by Gasteiger charge is 2.20. The number of carbonyl (C=O) groups is 1. The first-order chi connectivity index (χ1) is 13.6. The van der Waals surface area contributed by atoms with E-state index in [1.165, 1.54) is 18.3 Å². The SMILES string of the molecule is O=C(Nc1cccnc1)Oc1[nH]c2ccc([N+](=O)[O-])cc2c1-c1ccccc1. The summed E-state index contributed by atoms with van der Waals surface area (Å²) in [6.07, 6.45) is 2.38. The molecule has 0 aliphatic heterocycles. The van der Waals surface area contributed by atoms with Gasteiger partial charge in [0.15, 0.2) is 0 Å². The fraction of sp³-hybridized carbons (Fsp3) is 0. The van der Waals surface area contributed by atoms with Gasteiger partial charge in [-0.2, -0.15) is 0 Å². The summed E-state index contributed by atoms with van der Waals surface area (Å²) in [5.74, 6) is 0.197. The fourth-order valence-corrected chi connectivity index (χ4v) is 2.91. The summed E-state index contributed by atoms with van der Waals surface area (Å²) in [6.45, 7) is 0. The molecule has 0 saturated heterocycles. The standard InChI is InChI=1S/C20H14N4O4/c25-20(22-14-7-4-10-21-12-14)28-19-18(13-5-2-1-3-6-13)16-11-15(24(26)27)8-9-17(16)23-19/h1-12,23H,(H,22,25). The normalized spacial score (nSPS) is 10.6. The van der Waals surface area contributed by atoms with Crippen LogP contribution in [0, 0.1) is 10.1 Å². The minimum absolute atomic E-state index is 0.0463. The number of amides is 1. The van der Waals surface area contributed by atoms with Gasteiger partial charge in [-0.25, -0.2) is 4.79 Å². The lowest BCUT2D eigenvalue weighted by atomic mass is 10.0. The highest BCUT2D eigenvalue weighted by molar-refractivity contribution is 6.01. The number of nitrogens with one attached hydrogen (secondary N) is 2. The number of aromatic nitrogens is 2. The maximum Gasteiger partial charge on any atom is 0.418 e. The Kier molecular flexibility index (Phi) is 4.43. The predicted octanol–water partition coefficient (Wildman–Crippen LogP) is 4.75. The Labute approximate surface area is 158 Å². The second kappa shape index (κ2) is 7.20. The van der Waals surface area contributed by atoms with Gasteiger partial charge in [-0.3, -0.25) is 20.4 Å². The van der Waals surface area contributed by atoms with Gasteiger partial charge < -0.3 is 9.72 Å². The molecule has 1 amide bonds. The number of hydrogen-bond donors (Lipinski definition) is 2. The maximum atomic E-state index is 12.3. The highest BCUT2D eigenvalue weighted by atomic mass is 16.6. The number of carbonyl (C=O) groups excluding carboxylic acids is 1. The molecule has 2 aromatic heterocycles. The second-order valence-corrected chi connectivity index (χ2v) is 5.94. The molecule has 2 heterocycles. The lowest BCUT2D eigenvalue weighted by Crippen LogP contribution is -2.17. The third kappa shape index (κ3) is 3.38. The van der Waals surface area contributed by atoms with E-state index in [9.17, 15) is 14.9 Å². The van der Waals surface area contributed by atoms with Gasteiger partial charge in [-0.05, 0) is 23.8 Å². The third-order valence-electron chi connectivity index (χ3n) is 4.12. The van der Waals surface area contributed by atoms with E-state index in [4.69, 9.17) is 4.74 Å². The molecule has 0 atom stereocenters. The molecule has 8 nitrogen and oxygen atoms in total.